The number of nitrogens with zero attached hydrogens (tertiary/aromatic N) is 1. The molecule has 1 aliphatic rings. The topological polar surface area (TPSA) is 76.1 Å². The molecule has 1 unspecified atom stereocenters. The van der Waals surface area contributed by atoms with Gasteiger partial charge in [0.2, 0.25) is 6.41 Å². The Balaban J connectivity index is 2.43. The zero-order chi connectivity index (χ0) is 14.5. The normalized spacial score (nSPS) is 19.2. The Kier molecular flexibility index (Phi) is 4.57. The Labute approximate surface area is 116 Å². The summed E-state index contributed by atoms with van der Waals surface area (Å²) in [5.41, 5.74) is 0.817. The van der Waals surface area contributed by atoms with Crippen LogP contribution in [0.5, 0.6) is 5.75 Å². The Bertz CT molecular complexity index is 502. The van der Waals surface area contributed by atoms with E-state index in [0.29, 0.717) is 31.1 Å². The Morgan fingerprint density at radius 2 is 2.35 bits per heavy atom. The molecule has 1 amide bonds. The summed E-state index contributed by atoms with van der Waals surface area (Å²) in [4.78, 5) is 23.9. The van der Waals surface area contributed by atoms with E-state index in [9.17, 15) is 9.59 Å². The highest BCUT2D eigenvalue weighted by Crippen LogP contribution is 2.31. The molecule has 0 aromatic heterocycles. The molecule has 20 heavy (non-hydrogen) atoms. The number of aromatic carboxylic acids is 1. The fourth-order valence-corrected chi connectivity index (χ4v) is 2.32. The van der Waals surface area contributed by atoms with Crippen molar-refractivity contribution in [3.63, 3.8) is 0 Å². The smallest absolute Gasteiger partial charge is 0.335 e. The first kappa shape index (κ1) is 14.3. The van der Waals surface area contributed by atoms with E-state index in [1.54, 1.807) is 11.0 Å². The second kappa shape index (κ2) is 6.38. The molecule has 108 valence electrons. The molecular weight excluding hydrogens is 262 g/mol. The second-order valence-corrected chi connectivity index (χ2v) is 4.55. The number of hydrogen-bond donors (Lipinski definition) is 1. The van der Waals surface area contributed by atoms with Crippen LogP contribution in [0.4, 0.5) is 0 Å². The van der Waals surface area contributed by atoms with Crippen LogP contribution in [-0.4, -0.2) is 49.3 Å². The van der Waals surface area contributed by atoms with Crippen molar-refractivity contribution in [1.82, 2.24) is 4.90 Å². The van der Waals surface area contributed by atoms with Crippen LogP contribution >= 0.6 is 0 Å². The third-order valence-electron chi connectivity index (χ3n) is 3.35. The van der Waals surface area contributed by atoms with Gasteiger partial charge in [-0.3, -0.25) is 4.79 Å². The number of benzene rings is 1. The van der Waals surface area contributed by atoms with Gasteiger partial charge in [0.05, 0.1) is 25.3 Å². The van der Waals surface area contributed by atoms with Crippen LogP contribution in [0.2, 0.25) is 0 Å². The number of carbonyl (C=O) groups is 2. The third kappa shape index (κ3) is 2.91. The number of carbonyl (C=O) groups excluding carboxylic acids is 1. The van der Waals surface area contributed by atoms with Gasteiger partial charge in [-0.1, -0.05) is 0 Å². The van der Waals surface area contributed by atoms with E-state index in [4.69, 9.17) is 14.6 Å². The first-order chi connectivity index (χ1) is 9.67. The van der Waals surface area contributed by atoms with Crippen molar-refractivity contribution in [1.29, 1.82) is 0 Å². The quantitative estimate of drug-likeness (QED) is 0.841. The highest BCUT2D eigenvalue weighted by molar-refractivity contribution is 5.88. The molecule has 0 aliphatic carbocycles. The molecule has 2 rings (SSSR count). The predicted molar refractivity (Wildman–Crippen MR) is 70.9 cm³/mol. The largest absolute Gasteiger partial charge is 0.496 e. The molecule has 1 atom stereocenters. The van der Waals surface area contributed by atoms with E-state index in [1.165, 1.54) is 19.2 Å². The second-order valence-electron chi connectivity index (χ2n) is 4.55. The molecule has 6 heteroatoms. The molecule has 1 saturated heterocycles. The standard InChI is InChI=1S/C14H17NO5/c1-19-13-4-3-10(14(17)18)7-11(13)12-8-20-6-2-5-15(12)9-16/h3-4,7,9,12H,2,5-6,8H2,1H3,(H,17,18). The molecule has 0 spiro atoms. The van der Waals surface area contributed by atoms with Crippen LogP contribution in [0.15, 0.2) is 18.2 Å². The minimum absolute atomic E-state index is 0.163. The van der Waals surface area contributed by atoms with Gasteiger partial charge in [-0.2, -0.15) is 0 Å². The average molecular weight is 279 g/mol. The van der Waals surface area contributed by atoms with E-state index in [0.717, 1.165) is 12.8 Å². The molecule has 1 N–H and O–H groups in total. The summed E-state index contributed by atoms with van der Waals surface area (Å²) in [6.45, 7) is 1.49. The van der Waals surface area contributed by atoms with Gasteiger partial charge in [-0.05, 0) is 24.6 Å². The van der Waals surface area contributed by atoms with E-state index >= 15 is 0 Å². The Hall–Kier alpha value is -2.08. The van der Waals surface area contributed by atoms with Crippen LogP contribution < -0.4 is 4.74 Å². The number of carboxylic acid groups (broad SMARTS) is 1. The van der Waals surface area contributed by atoms with Gasteiger partial charge >= 0.3 is 5.97 Å². The zero-order valence-corrected chi connectivity index (χ0v) is 11.2. The van der Waals surface area contributed by atoms with E-state index in [1.807, 2.05) is 0 Å². The maximum atomic E-state index is 11.2. The molecule has 1 aromatic carbocycles. The summed E-state index contributed by atoms with van der Waals surface area (Å²) in [6.07, 6.45) is 1.53. The van der Waals surface area contributed by atoms with Crippen molar-refractivity contribution in [2.24, 2.45) is 0 Å². The molecular formula is C14H17NO5. The van der Waals surface area contributed by atoms with Crippen LogP contribution in [-0.2, 0) is 9.53 Å². The monoisotopic (exact) mass is 279 g/mol. The molecule has 1 heterocycles. The van der Waals surface area contributed by atoms with Crippen LogP contribution in [0.1, 0.15) is 28.4 Å². The number of hydrogen-bond acceptors (Lipinski definition) is 4. The van der Waals surface area contributed by atoms with Gasteiger partial charge in [0.15, 0.2) is 0 Å². The average Bonchev–Trinajstić information content (AvgIpc) is 2.71. The minimum atomic E-state index is -1.01. The van der Waals surface area contributed by atoms with Gasteiger partial charge in [0.1, 0.15) is 5.75 Å². The maximum Gasteiger partial charge on any atom is 0.335 e. The van der Waals surface area contributed by atoms with Crippen molar-refractivity contribution in [2.45, 2.75) is 12.5 Å². The van der Waals surface area contributed by atoms with E-state index in [2.05, 4.69) is 0 Å². The van der Waals surface area contributed by atoms with Crippen LogP contribution in [0.3, 0.4) is 0 Å². The molecule has 1 fully saturated rings. The van der Waals surface area contributed by atoms with Gasteiger partial charge < -0.3 is 19.5 Å². The van der Waals surface area contributed by atoms with Gasteiger partial charge in [0.25, 0.3) is 0 Å². The third-order valence-corrected chi connectivity index (χ3v) is 3.35. The highest BCUT2D eigenvalue weighted by atomic mass is 16.5. The van der Waals surface area contributed by atoms with Crippen molar-refractivity contribution in [3.8, 4) is 5.75 Å². The van der Waals surface area contributed by atoms with E-state index < -0.39 is 5.97 Å². The first-order valence-electron chi connectivity index (χ1n) is 6.37. The zero-order valence-electron chi connectivity index (χ0n) is 11.2. The number of ether oxygens (including phenoxy) is 2. The lowest BCUT2D eigenvalue weighted by Crippen LogP contribution is -2.29. The van der Waals surface area contributed by atoms with Gasteiger partial charge in [-0.25, -0.2) is 4.79 Å². The fourth-order valence-electron chi connectivity index (χ4n) is 2.32. The minimum Gasteiger partial charge on any atom is -0.496 e. The van der Waals surface area contributed by atoms with E-state index in [-0.39, 0.29) is 11.6 Å². The van der Waals surface area contributed by atoms with Crippen molar-refractivity contribution in [2.75, 3.05) is 26.9 Å². The SMILES string of the molecule is COc1ccc(C(=O)O)cc1C1COCCCN1C=O. The van der Waals surface area contributed by atoms with Crippen molar-refractivity contribution in [3.05, 3.63) is 29.3 Å². The molecule has 1 aliphatic heterocycles. The fraction of sp³-hybridized carbons (Fsp3) is 0.429. The molecule has 1 aromatic rings. The number of rotatable bonds is 4. The summed E-state index contributed by atoms with van der Waals surface area (Å²) in [6, 6.07) is 4.29. The summed E-state index contributed by atoms with van der Waals surface area (Å²) in [5, 5.41) is 9.09. The maximum absolute atomic E-state index is 11.2. The van der Waals surface area contributed by atoms with Gasteiger partial charge in [0, 0.05) is 18.7 Å². The Morgan fingerprint density at radius 3 is 3.00 bits per heavy atom. The van der Waals surface area contributed by atoms with Crippen LogP contribution in [0.25, 0.3) is 0 Å². The molecule has 0 saturated carbocycles. The van der Waals surface area contributed by atoms with Gasteiger partial charge in [-0.15, -0.1) is 0 Å². The summed E-state index contributed by atoms with van der Waals surface area (Å²) >= 11 is 0. The molecule has 0 bridgehead atoms. The lowest BCUT2D eigenvalue weighted by Gasteiger charge is -2.27. The number of carboxylic acids is 1. The number of methoxy groups -OCH3 is 1. The van der Waals surface area contributed by atoms with Crippen LogP contribution in [0, 0.1) is 0 Å². The Morgan fingerprint density at radius 1 is 1.55 bits per heavy atom. The molecule has 6 nitrogen and oxygen atoms in total. The predicted octanol–water partition coefficient (Wildman–Crippen LogP) is 1.31. The highest BCUT2D eigenvalue weighted by Gasteiger charge is 2.25. The summed E-state index contributed by atoms with van der Waals surface area (Å²) < 4.78 is 10.8. The first-order valence-corrected chi connectivity index (χ1v) is 6.37. The van der Waals surface area contributed by atoms with Crippen molar-refractivity contribution >= 4 is 12.4 Å². The summed E-state index contributed by atoms with van der Waals surface area (Å²) in [5.74, 6) is -0.460. The van der Waals surface area contributed by atoms with Crippen molar-refractivity contribution < 1.29 is 24.2 Å². The number of amides is 1. The lowest BCUT2D eigenvalue weighted by molar-refractivity contribution is -0.120. The summed E-state index contributed by atoms with van der Waals surface area (Å²) in [7, 11) is 1.52. The lowest BCUT2D eigenvalue weighted by atomic mass is 10.0. The molecule has 0 radical (unpaired) electrons.